The van der Waals surface area contributed by atoms with Crippen molar-refractivity contribution in [3.63, 3.8) is 0 Å². The molecule has 2 aromatic carbocycles. The molecule has 6 rings (SSSR count). The first-order valence-corrected chi connectivity index (χ1v) is 11.3. The molecular formula is C28H21N5O. The van der Waals surface area contributed by atoms with Crippen molar-refractivity contribution in [3.05, 3.63) is 120 Å². The predicted molar refractivity (Wildman–Crippen MR) is 132 cm³/mol. The second-order valence-electron chi connectivity index (χ2n) is 8.37. The van der Waals surface area contributed by atoms with Crippen LogP contribution in [0.25, 0.3) is 11.0 Å². The van der Waals surface area contributed by atoms with Crippen LogP contribution in [0.3, 0.4) is 0 Å². The Labute approximate surface area is 196 Å². The third kappa shape index (κ3) is 3.79. The van der Waals surface area contributed by atoms with Crippen LogP contribution in [0.1, 0.15) is 45.9 Å². The lowest BCUT2D eigenvalue weighted by Gasteiger charge is -2.08. The predicted octanol–water partition coefficient (Wildman–Crippen LogP) is 5.56. The Bertz CT molecular complexity index is 1480. The minimum absolute atomic E-state index is 0.0842. The molecule has 6 heteroatoms. The number of rotatable bonds is 6. The Morgan fingerprint density at radius 3 is 2.26 bits per heavy atom. The maximum atomic E-state index is 13.5. The molecule has 0 atom stereocenters. The summed E-state index contributed by atoms with van der Waals surface area (Å²) in [5.41, 5.74) is 4.72. The van der Waals surface area contributed by atoms with Crippen LogP contribution in [0.2, 0.25) is 0 Å². The highest BCUT2D eigenvalue weighted by Gasteiger charge is 2.28. The van der Waals surface area contributed by atoms with Gasteiger partial charge in [-0.2, -0.15) is 0 Å². The second kappa shape index (κ2) is 8.48. The summed E-state index contributed by atoms with van der Waals surface area (Å²) < 4.78 is 2.10. The van der Waals surface area contributed by atoms with Crippen LogP contribution in [-0.4, -0.2) is 31.0 Å². The quantitative estimate of drug-likeness (QED) is 0.254. The van der Waals surface area contributed by atoms with Gasteiger partial charge in [-0.05, 0) is 25.0 Å². The fourth-order valence-electron chi connectivity index (χ4n) is 4.18. The van der Waals surface area contributed by atoms with Crippen molar-refractivity contribution in [3.8, 4) is 0 Å². The number of fused-ring (bicyclic) bond motifs is 1. The van der Waals surface area contributed by atoms with E-state index >= 15 is 0 Å². The number of pyridine rings is 1. The summed E-state index contributed by atoms with van der Waals surface area (Å²) in [7, 11) is 0. The molecule has 0 N–H and O–H groups in total. The van der Waals surface area contributed by atoms with Crippen molar-refractivity contribution in [1.82, 2.24) is 19.5 Å². The summed E-state index contributed by atoms with van der Waals surface area (Å²) in [6, 6.07) is 23.9. The Hall–Kier alpha value is -4.45. The normalized spacial score (nSPS) is 13.1. The first-order valence-electron chi connectivity index (χ1n) is 11.3. The summed E-state index contributed by atoms with van der Waals surface area (Å²) in [4.78, 5) is 31.4. The van der Waals surface area contributed by atoms with Gasteiger partial charge in [0.15, 0.2) is 11.6 Å². The van der Waals surface area contributed by atoms with Crippen LogP contribution in [-0.2, 0) is 0 Å². The van der Waals surface area contributed by atoms with E-state index in [1.807, 2.05) is 66.9 Å². The van der Waals surface area contributed by atoms with Crippen molar-refractivity contribution < 1.29 is 4.79 Å². The lowest BCUT2D eigenvalue weighted by atomic mass is 10.0. The van der Waals surface area contributed by atoms with Gasteiger partial charge in [-0.25, -0.2) is 19.9 Å². The number of carbonyl (C=O) groups is 1. The van der Waals surface area contributed by atoms with E-state index in [1.54, 1.807) is 24.5 Å². The number of aliphatic imine (C=N–C) groups is 1. The largest absolute Gasteiger partial charge is 0.329 e. The number of benzene rings is 2. The molecule has 164 valence electrons. The average Bonchev–Trinajstić information content (AvgIpc) is 3.68. The molecule has 0 aliphatic heterocycles. The molecule has 0 unspecified atom stereocenters. The van der Waals surface area contributed by atoms with Gasteiger partial charge in [0.05, 0.1) is 11.3 Å². The number of hydrogen-bond acceptors (Lipinski definition) is 5. The van der Waals surface area contributed by atoms with Crippen molar-refractivity contribution in [2.24, 2.45) is 4.99 Å². The van der Waals surface area contributed by atoms with Gasteiger partial charge in [0.2, 0.25) is 0 Å². The van der Waals surface area contributed by atoms with Crippen molar-refractivity contribution in [1.29, 1.82) is 0 Å². The lowest BCUT2D eigenvalue weighted by Crippen LogP contribution is -2.04. The zero-order valence-corrected chi connectivity index (χ0v) is 18.4. The van der Waals surface area contributed by atoms with E-state index in [1.165, 1.54) is 6.33 Å². The third-order valence-corrected chi connectivity index (χ3v) is 6.01. The van der Waals surface area contributed by atoms with Gasteiger partial charge in [0.1, 0.15) is 12.0 Å². The zero-order valence-electron chi connectivity index (χ0n) is 18.4. The fraction of sp³-hybridized carbons (Fsp3) is 0.107. The number of ketones is 1. The van der Waals surface area contributed by atoms with Gasteiger partial charge >= 0.3 is 0 Å². The SMILES string of the molecule is O=C(c1ccnc(N=C(c2ccccc2)c2ccccc2)c1)c1cn(C2CC2)c2ncncc12. The van der Waals surface area contributed by atoms with Crippen LogP contribution in [0.15, 0.2) is 103 Å². The second-order valence-corrected chi connectivity index (χ2v) is 8.37. The molecule has 0 saturated heterocycles. The average molecular weight is 444 g/mol. The van der Waals surface area contributed by atoms with Crippen molar-refractivity contribution in [2.45, 2.75) is 18.9 Å². The number of carbonyl (C=O) groups excluding carboxylic acids is 1. The minimum Gasteiger partial charge on any atom is -0.329 e. The summed E-state index contributed by atoms with van der Waals surface area (Å²) in [5, 5.41) is 0.774. The molecule has 34 heavy (non-hydrogen) atoms. The Morgan fingerprint density at radius 1 is 0.882 bits per heavy atom. The maximum absolute atomic E-state index is 13.5. The molecule has 1 aliphatic rings. The molecular weight excluding hydrogens is 422 g/mol. The summed E-state index contributed by atoms with van der Waals surface area (Å²) in [6.45, 7) is 0. The highest BCUT2D eigenvalue weighted by atomic mass is 16.1. The van der Waals surface area contributed by atoms with Gasteiger partial charge < -0.3 is 4.57 Å². The van der Waals surface area contributed by atoms with Gasteiger partial charge in [0, 0.05) is 46.7 Å². The van der Waals surface area contributed by atoms with Crippen molar-refractivity contribution in [2.75, 3.05) is 0 Å². The summed E-state index contributed by atoms with van der Waals surface area (Å²) >= 11 is 0. The smallest absolute Gasteiger partial charge is 0.195 e. The van der Waals surface area contributed by atoms with Gasteiger partial charge in [-0.3, -0.25) is 4.79 Å². The highest BCUT2D eigenvalue weighted by molar-refractivity contribution is 6.16. The molecule has 0 radical (unpaired) electrons. The van der Waals surface area contributed by atoms with Gasteiger partial charge in [-0.1, -0.05) is 60.7 Å². The standard InChI is InChI=1S/C28H21N5O/c34-27(24-17-33(22-11-12-22)28-23(24)16-29-18-31-28)21-13-14-30-25(15-21)32-26(19-7-3-1-4-8-19)20-9-5-2-6-10-20/h1-10,13-18,22H,11-12H2. The summed E-state index contributed by atoms with van der Waals surface area (Å²) in [5.74, 6) is 0.398. The van der Waals surface area contributed by atoms with Gasteiger partial charge in [0.25, 0.3) is 0 Å². The molecule has 1 fully saturated rings. The molecule has 6 nitrogen and oxygen atoms in total. The Kier molecular flexibility index (Phi) is 5.03. The number of aromatic nitrogens is 4. The molecule has 3 heterocycles. The summed E-state index contributed by atoms with van der Waals surface area (Å²) in [6.07, 6.45) is 9.02. The fourth-order valence-corrected chi connectivity index (χ4v) is 4.18. The van der Waals surface area contributed by atoms with E-state index in [9.17, 15) is 4.79 Å². The molecule has 0 bridgehead atoms. The monoisotopic (exact) mass is 443 g/mol. The van der Waals surface area contributed by atoms with E-state index in [0.717, 1.165) is 40.7 Å². The van der Waals surface area contributed by atoms with E-state index in [0.29, 0.717) is 23.0 Å². The van der Waals surface area contributed by atoms with E-state index < -0.39 is 0 Å². The van der Waals surface area contributed by atoms with Crippen LogP contribution < -0.4 is 0 Å². The minimum atomic E-state index is -0.0842. The van der Waals surface area contributed by atoms with E-state index in [4.69, 9.17) is 4.99 Å². The first kappa shape index (κ1) is 20.2. The molecule has 1 aliphatic carbocycles. The highest BCUT2D eigenvalue weighted by Crippen LogP contribution is 2.38. The van der Waals surface area contributed by atoms with E-state index in [-0.39, 0.29) is 5.78 Å². The molecule has 1 saturated carbocycles. The topological polar surface area (TPSA) is 73.0 Å². The van der Waals surface area contributed by atoms with Crippen LogP contribution in [0, 0.1) is 0 Å². The van der Waals surface area contributed by atoms with Crippen LogP contribution in [0.4, 0.5) is 5.82 Å². The zero-order chi connectivity index (χ0) is 22.9. The molecule has 5 aromatic rings. The number of nitrogens with zero attached hydrogens (tertiary/aromatic N) is 5. The van der Waals surface area contributed by atoms with Crippen LogP contribution >= 0.6 is 0 Å². The van der Waals surface area contributed by atoms with E-state index in [2.05, 4.69) is 19.5 Å². The Balaban J connectivity index is 1.42. The third-order valence-electron chi connectivity index (χ3n) is 6.01. The molecule has 0 amide bonds. The lowest BCUT2D eigenvalue weighted by molar-refractivity contribution is 0.104. The first-order chi connectivity index (χ1) is 16.8. The van der Waals surface area contributed by atoms with Crippen molar-refractivity contribution >= 4 is 28.3 Å². The van der Waals surface area contributed by atoms with Gasteiger partial charge in [-0.15, -0.1) is 0 Å². The molecule has 3 aromatic heterocycles. The Morgan fingerprint density at radius 2 is 1.59 bits per heavy atom. The van der Waals surface area contributed by atoms with Crippen LogP contribution in [0.5, 0.6) is 0 Å². The molecule has 0 spiro atoms. The number of hydrogen-bond donors (Lipinski definition) is 0. The maximum Gasteiger partial charge on any atom is 0.195 e.